The van der Waals surface area contributed by atoms with Crippen molar-refractivity contribution in [2.45, 2.75) is 31.1 Å². The molecule has 12 heteroatoms. The molecule has 2 fully saturated rings. The van der Waals surface area contributed by atoms with Crippen LogP contribution in [-0.4, -0.2) is 59.4 Å². The summed E-state index contributed by atoms with van der Waals surface area (Å²) in [6, 6.07) is 3.13. The molecule has 2 aliphatic rings. The van der Waals surface area contributed by atoms with Crippen molar-refractivity contribution < 1.29 is 18.0 Å². The van der Waals surface area contributed by atoms with Crippen molar-refractivity contribution in [2.24, 2.45) is 5.92 Å². The monoisotopic (exact) mass is 430 g/mol. The predicted octanol–water partition coefficient (Wildman–Crippen LogP) is 2.19. The third kappa shape index (κ3) is 3.57. The summed E-state index contributed by atoms with van der Waals surface area (Å²) in [5.41, 5.74) is -0.654. The smallest absolute Gasteiger partial charge is 0.364 e. The predicted molar refractivity (Wildman–Crippen MR) is 101 cm³/mol. The quantitative estimate of drug-likeness (QED) is 0.677. The number of aromatic nitrogens is 6. The number of amides is 1. The van der Waals surface area contributed by atoms with Crippen LogP contribution < -0.4 is 5.32 Å². The van der Waals surface area contributed by atoms with Crippen molar-refractivity contribution in [3.8, 4) is 5.82 Å². The number of carbonyl (C=O) groups excluding carboxylic acids is 1. The molecule has 9 nitrogen and oxygen atoms in total. The first-order valence-corrected chi connectivity index (χ1v) is 9.68. The third-order valence-electron chi connectivity index (χ3n) is 5.64. The largest absolute Gasteiger partial charge is 0.434 e. The van der Waals surface area contributed by atoms with Gasteiger partial charge in [0.15, 0.2) is 11.5 Å². The number of piperidine rings is 1. The fraction of sp³-hybridized carbons (Fsp3) is 0.368. The number of hydrogen-bond donors (Lipinski definition) is 1. The standard InChI is InChI=1S/C19H17F3N8O/c20-19(21,22)15-8-25-16(9-24-15)28-13-6-11-7-14(13)29(10-11)18(31)12-2-1-3-23-17(12)30-26-4-5-27-30/h1-5,8-9,11,13-14H,6-7,10H2,(H,25,28)/t11-,13?,14?/m0/s1. The summed E-state index contributed by atoms with van der Waals surface area (Å²) in [5, 5.41) is 11.3. The molecule has 2 bridgehead atoms. The number of rotatable bonds is 4. The summed E-state index contributed by atoms with van der Waals surface area (Å²) in [7, 11) is 0. The maximum atomic E-state index is 13.3. The van der Waals surface area contributed by atoms with E-state index in [-0.39, 0.29) is 23.8 Å². The van der Waals surface area contributed by atoms with Crippen LogP contribution >= 0.6 is 0 Å². The summed E-state index contributed by atoms with van der Waals surface area (Å²) < 4.78 is 38.1. The number of anilines is 1. The molecule has 0 radical (unpaired) electrons. The molecule has 1 amide bonds. The first-order valence-electron chi connectivity index (χ1n) is 9.68. The number of carbonyl (C=O) groups is 1. The molecule has 1 aliphatic heterocycles. The highest BCUT2D eigenvalue weighted by Gasteiger charge is 2.47. The van der Waals surface area contributed by atoms with Crippen molar-refractivity contribution in [1.29, 1.82) is 0 Å². The summed E-state index contributed by atoms with van der Waals surface area (Å²) in [5.74, 6) is 0.717. The van der Waals surface area contributed by atoms with E-state index in [2.05, 4.69) is 30.5 Å². The Hall–Kier alpha value is -3.57. The van der Waals surface area contributed by atoms with Crippen LogP contribution in [0.4, 0.5) is 19.0 Å². The second-order valence-electron chi connectivity index (χ2n) is 7.59. The lowest BCUT2D eigenvalue weighted by Crippen LogP contribution is -2.48. The van der Waals surface area contributed by atoms with E-state index in [1.54, 1.807) is 23.2 Å². The molecule has 3 aromatic heterocycles. The number of likely N-dealkylation sites (tertiary alicyclic amines) is 1. The average Bonchev–Trinajstić information content (AvgIpc) is 3.50. The highest BCUT2D eigenvalue weighted by molar-refractivity contribution is 5.97. The van der Waals surface area contributed by atoms with Gasteiger partial charge in [0.05, 0.1) is 36.4 Å². The summed E-state index contributed by atoms with van der Waals surface area (Å²) in [6.07, 6.45) is 3.44. The van der Waals surface area contributed by atoms with Gasteiger partial charge in [-0.1, -0.05) is 0 Å². The Morgan fingerprint density at radius 2 is 1.87 bits per heavy atom. The van der Waals surface area contributed by atoms with Crippen LogP contribution in [0.2, 0.25) is 0 Å². The molecule has 0 aromatic carbocycles. The van der Waals surface area contributed by atoms with Gasteiger partial charge >= 0.3 is 6.18 Å². The van der Waals surface area contributed by atoms with Crippen LogP contribution in [0.1, 0.15) is 28.9 Å². The van der Waals surface area contributed by atoms with Crippen molar-refractivity contribution in [2.75, 3.05) is 11.9 Å². The molecule has 4 heterocycles. The van der Waals surface area contributed by atoms with E-state index in [0.29, 0.717) is 30.0 Å². The van der Waals surface area contributed by atoms with Crippen LogP contribution in [0.25, 0.3) is 5.82 Å². The van der Waals surface area contributed by atoms with Gasteiger partial charge in [-0.15, -0.1) is 4.80 Å². The molecule has 1 saturated heterocycles. The minimum Gasteiger partial charge on any atom is -0.364 e. The number of fused-ring (bicyclic) bond motifs is 2. The molecule has 3 atom stereocenters. The Balaban J connectivity index is 1.35. The zero-order chi connectivity index (χ0) is 21.6. The summed E-state index contributed by atoms with van der Waals surface area (Å²) in [6.45, 7) is 0.612. The fourth-order valence-corrected chi connectivity index (χ4v) is 4.36. The van der Waals surface area contributed by atoms with E-state index in [1.165, 1.54) is 17.2 Å². The lowest BCUT2D eigenvalue weighted by molar-refractivity contribution is -0.141. The van der Waals surface area contributed by atoms with Crippen LogP contribution in [0.3, 0.4) is 0 Å². The van der Waals surface area contributed by atoms with Gasteiger partial charge in [-0.05, 0) is 30.9 Å². The second kappa shape index (κ2) is 7.29. The van der Waals surface area contributed by atoms with Gasteiger partial charge in [0.25, 0.3) is 5.91 Å². The molecular weight excluding hydrogens is 413 g/mol. The van der Waals surface area contributed by atoms with Crippen LogP contribution in [0, 0.1) is 5.92 Å². The highest BCUT2D eigenvalue weighted by atomic mass is 19.4. The molecule has 1 saturated carbocycles. The minimum absolute atomic E-state index is 0.111. The fourth-order valence-electron chi connectivity index (χ4n) is 4.36. The van der Waals surface area contributed by atoms with Crippen LogP contribution in [-0.2, 0) is 6.18 Å². The lowest BCUT2D eigenvalue weighted by Gasteiger charge is -2.34. The van der Waals surface area contributed by atoms with Crippen molar-refractivity contribution >= 4 is 11.7 Å². The van der Waals surface area contributed by atoms with E-state index in [4.69, 9.17) is 0 Å². The molecule has 5 rings (SSSR count). The van der Waals surface area contributed by atoms with Gasteiger partial charge in [0.1, 0.15) is 5.82 Å². The molecular formula is C19H17F3N8O. The normalized spacial score (nSPS) is 22.7. The SMILES string of the molecule is O=C(c1cccnc1-n1nccn1)N1C[C@H]2CC(Nc3cnc(C(F)(F)F)cn3)C1C2. The Bertz CT molecular complexity index is 1090. The molecule has 1 N–H and O–H groups in total. The van der Waals surface area contributed by atoms with Crippen LogP contribution in [0.15, 0.2) is 43.1 Å². The van der Waals surface area contributed by atoms with Crippen LogP contribution in [0.5, 0.6) is 0 Å². The first kappa shape index (κ1) is 19.4. The van der Waals surface area contributed by atoms with Gasteiger partial charge in [-0.2, -0.15) is 23.4 Å². The summed E-state index contributed by atoms with van der Waals surface area (Å²) >= 11 is 0. The van der Waals surface area contributed by atoms with Gasteiger partial charge in [-0.3, -0.25) is 4.79 Å². The van der Waals surface area contributed by atoms with E-state index in [9.17, 15) is 18.0 Å². The van der Waals surface area contributed by atoms with E-state index >= 15 is 0 Å². The van der Waals surface area contributed by atoms with Gasteiger partial charge in [0, 0.05) is 18.8 Å². The molecule has 2 unspecified atom stereocenters. The Kier molecular flexibility index (Phi) is 4.56. The number of nitrogens with one attached hydrogen (secondary N) is 1. The third-order valence-corrected chi connectivity index (χ3v) is 5.64. The van der Waals surface area contributed by atoms with Gasteiger partial charge in [-0.25, -0.2) is 15.0 Å². The molecule has 3 aromatic rings. The minimum atomic E-state index is -4.54. The number of alkyl halides is 3. The molecule has 1 aliphatic carbocycles. The Morgan fingerprint density at radius 3 is 2.55 bits per heavy atom. The first-order chi connectivity index (χ1) is 14.9. The number of halogens is 3. The van der Waals surface area contributed by atoms with Crippen molar-refractivity contribution in [3.05, 3.63) is 54.4 Å². The van der Waals surface area contributed by atoms with Gasteiger partial charge < -0.3 is 10.2 Å². The number of nitrogens with zero attached hydrogens (tertiary/aromatic N) is 7. The highest BCUT2D eigenvalue weighted by Crippen LogP contribution is 2.40. The number of pyridine rings is 1. The molecule has 160 valence electrons. The number of hydrogen-bond acceptors (Lipinski definition) is 7. The average molecular weight is 430 g/mol. The lowest BCUT2D eigenvalue weighted by atomic mass is 10.0. The maximum absolute atomic E-state index is 13.3. The molecule has 0 spiro atoms. The van der Waals surface area contributed by atoms with E-state index in [0.717, 1.165) is 19.0 Å². The zero-order valence-corrected chi connectivity index (χ0v) is 16.1. The second-order valence-corrected chi connectivity index (χ2v) is 7.59. The van der Waals surface area contributed by atoms with Gasteiger partial charge in [0.2, 0.25) is 0 Å². The van der Waals surface area contributed by atoms with E-state index < -0.39 is 11.9 Å². The maximum Gasteiger partial charge on any atom is 0.434 e. The summed E-state index contributed by atoms with van der Waals surface area (Å²) in [4.78, 5) is 28.0. The van der Waals surface area contributed by atoms with E-state index in [1.807, 2.05) is 0 Å². The Morgan fingerprint density at radius 1 is 1.06 bits per heavy atom. The zero-order valence-electron chi connectivity index (χ0n) is 16.1. The topological polar surface area (TPSA) is 102 Å². The Labute approximate surface area is 174 Å². The van der Waals surface area contributed by atoms with Crippen molar-refractivity contribution in [3.63, 3.8) is 0 Å². The van der Waals surface area contributed by atoms with Crippen molar-refractivity contribution in [1.82, 2.24) is 34.8 Å². The molecule has 31 heavy (non-hydrogen) atoms.